The lowest BCUT2D eigenvalue weighted by Gasteiger charge is -2.35. The van der Waals surface area contributed by atoms with Crippen molar-refractivity contribution >= 4 is 28.5 Å². The van der Waals surface area contributed by atoms with Gasteiger partial charge in [0.2, 0.25) is 17.7 Å². The molecule has 2 atom stereocenters. The molecule has 0 saturated carbocycles. The number of carbonyl (C=O) groups is 3. The van der Waals surface area contributed by atoms with Gasteiger partial charge in [0.25, 0.3) is 0 Å². The van der Waals surface area contributed by atoms with Crippen molar-refractivity contribution in [3.05, 3.63) is 96.1 Å². The van der Waals surface area contributed by atoms with Gasteiger partial charge in [-0.05, 0) is 54.7 Å². The van der Waals surface area contributed by atoms with Crippen molar-refractivity contribution in [2.75, 3.05) is 20.6 Å². The van der Waals surface area contributed by atoms with Crippen LogP contribution < -0.4 is 11.1 Å². The molecule has 0 heterocycles. The molecule has 0 bridgehead atoms. The van der Waals surface area contributed by atoms with E-state index in [4.69, 9.17) is 5.73 Å². The van der Waals surface area contributed by atoms with Crippen LogP contribution in [-0.4, -0.2) is 65.8 Å². The van der Waals surface area contributed by atoms with Crippen LogP contribution in [0.4, 0.5) is 0 Å². The summed E-state index contributed by atoms with van der Waals surface area (Å²) in [5.74, 6) is -0.618. The van der Waals surface area contributed by atoms with Crippen LogP contribution in [0.5, 0.6) is 0 Å². The van der Waals surface area contributed by atoms with E-state index < -0.39 is 11.6 Å². The average Bonchev–Trinajstić information content (AvgIpc) is 2.92. The van der Waals surface area contributed by atoms with E-state index in [1.807, 2.05) is 80.6 Å². The Morgan fingerprint density at radius 3 is 2.17 bits per heavy atom. The third-order valence-corrected chi connectivity index (χ3v) is 7.04. The Labute approximate surface area is 238 Å². The smallest absolute Gasteiger partial charge is 0.246 e. The molecule has 2 unspecified atom stereocenters. The molecular formula is C33H42N4O3. The summed E-state index contributed by atoms with van der Waals surface area (Å²) in [6.07, 6.45) is 4.70. The molecule has 0 aromatic heterocycles. The number of nitrogens with zero attached hydrogens (tertiary/aromatic N) is 2. The molecule has 212 valence electrons. The maximum atomic E-state index is 14.1. The van der Waals surface area contributed by atoms with Gasteiger partial charge in [-0.2, -0.15) is 0 Å². The lowest BCUT2D eigenvalue weighted by Crippen LogP contribution is -2.54. The second-order valence-corrected chi connectivity index (χ2v) is 11.2. The van der Waals surface area contributed by atoms with Crippen LogP contribution in [0, 0.1) is 0 Å². The van der Waals surface area contributed by atoms with Gasteiger partial charge in [0.1, 0.15) is 6.04 Å². The minimum Gasteiger partial charge on any atom is -0.354 e. The van der Waals surface area contributed by atoms with Gasteiger partial charge < -0.3 is 20.9 Å². The minimum atomic E-state index is -0.746. The number of hydrogen-bond donors (Lipinski definition) is 2. The van der Waals surface area contributed by atoms with E-state index in [1.54, 1.807) is 25.1 Å². The highest BCUT2D eigenvalue weighted by atomic mass is 16.2. The Balaban J connectivity index is 1.91. The molecule has 0 aliphatic carbocycles. The maximum Gasteiger partial charge on any atom is 0.246 e. The third-order valence-electron chi connectivity index (χ3n) is 7.04. The average molecular weight is 543 g/mol. The van der Waals surface area contributed by atoms with Crippen molar-refractivity contribution in [2.24, 2.45) is 5.73 Å². The van der Waals surface area contributed by atoms with Crippen LogP contribution in [0.15, 0.2) is 84.9 Å². The van der Waals surface area contributed by atoms with E-state index in [0.717, 1.165) is 21.9 Å². The van der Waals surface area contributed by atoms with E-state index in [2.05, 4.69) is 11.4 Å². The number of nitrogens with one attached hydrogen (secondary N) is 1. The zero-order valence-electron chi connectivity index (χ0n) is 24.3. The molecule has 0 fully saturated rings. The highest BCUT2D eigenvalue weighted by Gasteiger charge is 2.32. The number of amides is 3. The zero-order valence-corrected chi connectivity index (χ0v) is 24.3. The Morgan fingerprint density at radius 2 is 1.52 bits per heavy atom. The lowest BCUT2D eigenvalue weighted by molar-refractivity contribution is -0.143. The summed E-state index contributed by atoms with van der Waals surface area (Å²) in [6.45, 7) is 5.56. The molecular weight excluding hydrogens is 500 g/mol. The van der Waals surface area contributed by atoms with Crippen molar-refractivity contribution in [1.82, 2.24) is 15.1 Å². The van der Waals surface area contributed by atoms with Crippen molar-refractivity contribution in [3.8, 4) is 0 Å². The van der Waals surface area contributed by atoms with Crippen molar-refractivity contribution in [3.63, 3.8) is 0 Å². The standard InChI is InChI=1S/C33H42N4O3/c1-24(38)35-23-29(21-25-12-7-6-8-13-25)36(4)32(40)30(37(5)31(39)16-11-19-33(2,3)34)22-26-17-18-27-14-9-10-15-28(27)20-26/h6-18,20,29-30H,19,21-23,34H2,1-5H3,(H,35,38)/b16-11+. The first-order valence-electron chi connectivity index (χ1n) is 13.7. The second kappa shape index (κ2) is 13.9. The largest absolute Gasteiger partial charge is 0.354 e. The van der Waals surface area contributed by atoms with E-state index in [-0.39, 0.29) is 23.8 Å². The van der Waals surface area contributed by atoms with Gasteiger partial charge in [-0.1, -0.05) is 78.9 Å². The van der Waals surface area contributed by atoms with Crippen molar-refractivity contribution in [2.45, 2.75) is 57.7 Å². The van der Waals surface area contributed by atoms with E-state index in [9.17, 15) is 14.4 Å². The van der Waals surface area contributed by atoms with Gasteiger partial charge in [0.05, 0.1) is 6.04 Å². The monoisotopic (exact) mass is 542 g/mol. The van der Waals surface area contributed by atoms with Gasteiger partial charge in [-0.25, -0.2) is 0 Å². The molecule has 7 heteroatoms. The first-order valence-corrected chi connectivity index (χ1v) is 13.7. The molecule has 3 amide bonds. The number of nitrogens with two attached hydrogens (primary N) is 1. The molecule has 0 radical (unpaired) electrons. The molecule has 0 aliphatic heterocycles. The van der Waals surface area contributed by atoms with Gasteiger partial charge in [0, 0.05) is 39.5 Å². The van der Waals surface area contributed by atoms with Crippen LogP contribution in [0.2, 0.25) is 0 Å². The van der Waals surface area contributed by atoms with E-state index >= 15 is 0 Å². The molecule has 0 spiro atoms. The molecule has 40 heavy (non-hydrogen) atoms. The highest BCUT2D eigenvalue weighted by molar-refractivity contribution is 5.93. The van der Waals surface area contributed by atoms with Crippen molar-refractivity contribution in [1.29, 1.82) is 0 Å². The Bertz CT molecular complexity index is 1330. The Morgan fingerprint density at radius 1 is 0.875 bits per heavy atom. The number of benzene rings is 3. The predicted molar refractivity (Wildman–Crippen MR) is 162 cm³/mol. The Hall–Kier alpha value is -3.97. The van der Waals surface area contributed by atoms with Crippen LogP contribution in [-0.2, 0) is 27.2 Å². The van der Waals surface area contributed by atoms with Crippen LogP contribution in [0.25, 0.3) is 10.8 Å². The zero-order chi connectivity index (χ0) is 29.3. The molecule has 3 N–H and O–H groups in total. The van der Waals surface area contributed by atoms with E-state index in [0.29, 0.717) is 25.8 Å². The summed E-state index contributed by atoms with van der Waals surface area (Å²) in [5, 5.41) is 5.06. The van der Waals surface area contributed by atoms with Gasteiger partial charge in [0.15, 0.2) is 0 Å². The molecule has 7 nitrogen and oxygen atoms in total. The number of hydrogen-bond acceptors (Lipinski definition) is 4. The summed E-state index contributed by atoms with van der Waals surface area (Å²) in [6, 6.07) is 23.0. The second-order valence-electron chi connectivity index (χ2n) is 11.2. The topological polar surface area (TPSA) is 95.7 Å². The summed E-state index contributed by atoms with van der Waals surface area (Å²) in [5.41, 5.74) is 7.65. The first-order chi connectivity index (χ1) is 18.9. The fraction of sp³-hybridized carbons (Fsp3) is 0.364. The normalized spacial score (nSPS) is 13.2. The van der Waals surface area contributed by atoms with E-state index in [1.165, 1.54) is 17.9 Å². The summed E-state index contributed by atoms with van der Waals surface area (Å²) in [7, 11) is 3.41. The van der Waals surface area contributed by atoms with Crippen LogP contribution in [0.1, 0.15) is 38.3 Å². The maximum absolute atomic E-state index is 14.1. The Kier molecular flexibility index (Phi) is 10.6. The summed E-state index contributed by atoms with van der Waals surface area (Å²) in [4.78, 5) is 42.3. The minimum absolute atomic E-state index is 0.160. The molecule has 0 saturated heterocycles. The third kappa shape index (κ3) is 9.06. The first kappa shape index (κ1) is 30.6. The lowest BCUT2D eigenvalue weighted by atomic mass is 9.98. The number of fused-ring (bicyclic) bond motifs is 1. The van der Waals surface area contributed by atoms with Crippen LogP contribution in [0.3, 0.4) is 0 Å². The SMILES string of the molecule is CC(=O)NCC(Cc1ccccc1)N(C)C(=O)C(Cc1ccc2ccccc2c1)N(C)C(=O)/C=C/CC(C)(C)N. The molecule has 0 aliphatic rings. The van der Waals surface area contributed by atoms with Gasteiger partial charge in [-0.15, -0.1) is 0 Å². The van der Waals surface area contributed by atoms with Gasteiger partial charge >= 0.3 is 0 Å². The van der Waals surface area contributed by atoms with Crippen molar-refractivity contribution < 1.29 is 14.4 Å². The fourth-order valence-corrected chi connectivity index (χ4v) is 4.62. The number of carbonyl (C=O) groups excluding carboxylic acids is 3. The van der Waals surface area contributed by atoms with Gasteiger partial charge in [-0.3, -0.25) is 14.4 Å². The molecule has 3 aromatic rings. The molecule has 3 aromatic carbocycles. The molecule has 3 rings (SSSR count). The van der Waals surface area contributed by atoms with Crippen LogP contribution >= 0.6 is 0 Å². The predicted octanol–water partition coefficient (Wildman–Crippen LogP) is 4.10. The number of rotatable bonds is 12. The highest BCUT2D eigenvalue weighted by Crippen LogP contribution is 2.20. The summed E-state index contributed by atoms with van der Waals surface area (Å²) < 4.78 is 0. The fourth-order valence-electron chi connectivity index (χ4n) is 4.62. The number of likely N-dealkylation sites (N-methyl/N-ethyl adjacent to an activating group) is 2. The quantitative estimate of drug-likeness (QED) is 0.337. The summed E-state index contributed by atoms with van der Waals surface area (Å²) >= 11 is 0.